The van der Waals surface area contributed by atoms with Gasteiger partial charge in [-0.05, 0) is 25.3 Å². The predicted octanol–water partition coefficient (Wildman–Crippen LogP) is 0.159. The molecule has 1 aliphatic heterocycles. The third kappa shape index (κ3) is 3.72. The Balaban J connectivity index is 2.05. The zero-order valence-electron chi connectivity index (χ0n) is 13.0. The highest BCUT2D eigenvalue weighted by Crippen LogP contribution is 2.18. The number of hydrogen-bond acceptors (Lipinski definition) is 4. The second-order valence-corrected chi connectivity index (χ2v) is 5.56. The molecule has 0 aliphatic carbocycles. The molecule has 1 unspecified atom stereocenters. The lowest BCUT2D eigenvalue weighted by atomic mass is 9.97. The number of hydrogen-bond donors (Lipinski definition) is 1. The monoisotopic (exact) mass is 306 g/mol. The quantitative estimate of drug-likeness (QED) is 0.859. The number of aromatic nitrogens is 2. The Morgan fingerprint density at radius 3 is 2.86 bits per heavy atom. The number of aryl methyl sites for hydroxylation is 1. The van der Waals surface area contributed by atoms with E-state index in [2.05, 4.69) is 10.4 Å². The summed E-state index contributed by atoms with van der Waals surface area (Å²) in [5.74, 6) is -0.395. The van der Waals surface area contributed by atoms with Crippen LogP contribution < -0.4 is 10.9 Å². The lowest BCUT2D eigenvalue weighted by Crippen LogP contribution is -2.46. The van der Waals surface area contributed by atoms with Crippen LogP contribution in [0.2, 0.25) is 0 Å². The standard InChI is InChI=1S/C15H22N4O3/c1-3-8-16-14(21)11-5-4-9-19(10-11)15(22)12-6-7-13(20)18(2)17-12/h6-7,11H,3-5,8-10H2,1-2H3,(H,16,21). The first kappa shape index (κ1) is 16.2. The molecular formula is C15H22N4O3. The van der Waals surface area contributed by atoms with Crippen molar-refractivity contribution in [3.8, 4) is 0 Å². The molecule has 1 aliphatic rings. The first-order valence-electron chi connectivity index (χ1n) is 7.64. The smallest absolute Gasteiger partial charge is 0.274 e. The minimum atomic E-state index is -0.257. The Kier molecular flexibility index (Phi) is 5.30. The number of nitrogens with one attached hydrogen (secondary N) is 1. The Hall–Kier alpha value is -2.18. The molecule has 22 heavy (non-hydrogen) atoms. The van der Waals surface area contributed by atoms with Crippen molar-refractivity contribution in [3.63, 3.8) is 0 Å². The number of likely N-dealkylation sites (tertiary alicyclic amines) is 1. The van der Waals surface area contributed by atoms with Crippen molar-refractivity contribution in [3.05, 3.63) is 28.2 Å². The molecule has 0 aromatic carbocycles. The highest BCUT2D eigenvalue weighted by molar-refractivity contribution is 5.92. The van der Waals surface area contributed by atoms with E-state index < -0.39 is 0 Å². The van der Waals surface area contributed by atoms with Crippen molar-refractivity contribution in [1.29, 1.82) is 0 Å². The number of rotatable bonds is 4. The summed E-state index contributed by atoms with van der Waals surface area (Å²) < 4.78 is 1.14. The first-order chi connectivity index (χ1) is 10.5. The van der Waals surface area contributed by atoms with Gasteiger partial charge in [-0.2, -0.15) is 5.10 Å². The van der Waals surface area contributed by atoms with Crippen LogP contribution in [0, 0.1) is 5.92 Å². The van der Waals surface area contributed by atoms with E-state index in [1.54, 1.807) is 4.90 Å². The molecular weight excluding hydrogens is 284 g/mol. The predicted molar refractivity (Wildman–Crippen MR) is 81.4 cm³/mol. The molecule has 0 spiro atoms. The Labute approximate surface area is 129 Å². The van der Waals surface area contributed by atoms with Gasteiger partial charge in [0.2, 0.25) is 5.91 Å². The van der Waals surface area contributed by atoms with Crippen molar-refractivity contribution in [1.82, 2.24) is 20.0 Å². The summed E-state index contributed by atoms with van der Waals surface area (Å²) in [5.41, 5.74) is -0.0243. The topological polar surface area (TPSA) is 84.3 Å². The summed E-state index contributed by atoms with van der Waals surface area (Å²) in [4.78, 5) is 37.5. The normalized spacial score (nSPS) is 18.1. The third-order valence-corrected chi connectivity index (χ3v) is 3.81. The van der Waals surface area contributed by atoms with E-state index in [0.29, 0.717) is 19.6 Å². The van der Waals surface area contributed by atoms with E-state index in [0.717, 1.165) is 23.9 Å². The van der Waals surface area contributed by atoms with Crippen molar-refractivity contribution in [2.24, 2.45) is 13.0 Å². The number of amides is 2. The second kappa shape index (κ2) is 7.20. The molecule has 0 bridgehead atoms. The molecule has 0 radical (unpaired) electrons. The summed E-state index contributed by atoms with van der Waals surface area (Å²) in [5, 5.41) is 6.86. The molecule has 2 heterocycles. The largest absolute Gasteiger partial charge is 0.356 e. The molecule has 1 fully saturated rings. The van der Waals surface area contributed by atoms with Gasteiger partial charge < -0.3 is 10.2 Å². The molecule has 1 N–H and O–H groups in total. The highest BCUT2D eigenvalue weighted by atomic mass is 16.2. The van der Waals surface area contributed by atoms with Gasteiger partial charge in [0.1, 0.15) is 5.69 Å². The number of piperidine rings is 1. The highest BCUT2D eigenvalue weighted by Gasteiger charge is 2.29. The van der Waals surface area contributed by atoms with Crippen molar-refractivity contribution >= 4 is 11.8 Å². The molecule has 1 aromatic rings. The fraction of sp³-hybridized carbons (Fsp3) is 0.600. The summed E-state index contributed by atoms with van der Waals surface area (Å²) in [6.07, 6.45) is 2.48. The maximum atomic E-state index is 12.5. The molecule has 1 aromatic heterocycles. The van der Waals surface area contributed by atoms with E-state index in [9.17, 15) is 14.4 Å². The average molecular weight is 306 g/mol. The van der Waals surface area contributed by atoms with Gasteiger partial charge in [-0.3, -0.25) is 14.4 Å². The number of carbonyl (C=O) groups excluding carboxylic acids is 2. The van der Waals surface area contributed by atoms with Gasteiger partial charge in [-0.25, -0.2) is 4.68 Å². The Morgan fingerprint density at radius 2 is 2.18 bits per heavy atom. The van der Waals surface area contributed by atoms with E-state index in [1.165, 1.54) is 19.2 Å². The zero-order chi connectivity index (χ0) is 16.1. The van der Waals surface area contributed by atoms with Gasteiger partial charge in [-0.1, -0.05) is 6.92 Å². The first-order valence-corrected chi connectivity index (χ1v) is 7.64. The number of carbonyl (C=O) groups is 2. The summed E-state index contributed by atoms with van der Waals surface area (Å²) in [7, 11) is 1.51. The van der Waals surface area contributed by atoms with E-state index in [4.69, 9.17) is 0 Å². The van der Waals surface area contributed by atoms with E-state index in [-0.39, 0.29) is 29.0 Å². The maximum absolute atomic E-state index is 12.5. The van der Waals surface area contributed by atoms with Gasteiger partial charge in [0.25, 0.3) is 11.5 Å². The van der Waals surface area contributed by atoms with Crippen LogP contribution >= 0.6 is 0 Å². The molecule has 7 nitrogen and oxygen atoms in total. The Bertz CT molecular complexity index is 611. The lowest BCUT2D eigenvalue weighted by Gasteiger charge is -2.31. The third-order valence-electron chi connectivity index (χ3n) is 3.81. The maximum Gasteiger partial charge on any atom is 0.274 e. The van der Waals surface area contributed by atoms with Crippen LogP contribution in [0.3, 0.4) is 0 Å². The van der Waals surface area contributed by atoms with E-state index in [1.807, 2.05) is 6.92 Å². The van der Waals surface area contributed by atoms with Crippen molar-refractivity contribution in [2.45, 2.75) is 26.2 Å². The van der Waals surface area contributed by atoms with E-state index >= 15 is 0 Å². The zero-order valence-corrected chi connectivity index (χ0v) is 13.0. The Morgan fingerprint density at radius 1 is 1.41 bits per heavy atom. The van der Waals surface area contributed by atoms with Gasteiger partial charge >= 0.3 is 0 Å². The van der Waals surface area contributed by atoms with Crippen molar-refractivity contribution in [2.75, 3.05) is 19.6 Å². The molecule has 7 heteroatoms. The molecule has 1 atom stereocenters. The summed E-state index contributed by atoms with van der Waals surface area (Å²) >= 11 is 0. The van der Waals surface area contributed by atoms with Crippen LogP contribution in [0.25, 0.3) is 0 Å². The minimum absolute atomic E-state index is 0.00720. The van der Waals surface area contributed by atoms with Crippen LogP contribution in [0.1, 0.15) is 36.7 Å². The summed E-state index contributed by atoms with van der Waals surface area (Å²) in [6, 6.07) is 2.76. The van der Waals surface area contributed by atoms with Crippen LogP contribution in [0.15, 0.2) is 16.9 Å². The van der Waals surface area contributed by atoms with Gasteiger partial charge in [0, 0.05) is 32.7 Å². The lowest BCUT2D eigenvalue weighted by molar-refractivity contribution is -0.126. The molecule has 1 saturated heterocycles. The molecule has 0 saturated carbocycles. The van der Waals surface area contributed by atoms with Crippen LogP contribution in [0.4, 0.5) is 0 Å². The molecule has 120 valence electrons. The SMILES string of the molecule is CCCNC(=O)C1CCCN(C(=O)c2ccc(=O)n(C)n2)C1. The number of nitrogens with zero attached hydrogens (tertiary/aromatic N) is 3. The van der Waals surface area contributed by atoms with Gasteiger partial charge in [0.15, 0.2) is 0 Å². The van der Waals surface area contributed by atoms with Gasteiger partial charge in [0.05, 0.1) is 5.92 Å². The van der Waals surface area contributed by atoms with Crippen LogP contribution in [0.5, 0.6) is 0 Å². The van der Waals surface area contributed by atoms with Crippen LogP contribution in [-0.2, 0) is 11.8 Å². The molecule has 2 amide bonds. The fourth-order valence-electron chi connectivity index (χ4n) is 2.55. The van der Waals surface area contributed by atoms with Gasteiger partial charge in [-0.15, -0.1) is 0 Å². The van der Waals surface area contributed by atoms with Crippen LogP contribution in [-0.4, -0.2) is 46.1 Å². The second-order valence-electron chi connectivity index (χ2n) is 5.56. The molecule has 2 rings (SSSR count). The fourth-order valence-corrected chi connectivity index (χ4v) is 2.55. The van der Waals surface area contributed by atoms with Crippen molar-refractivity contribution < 1.29 is 9.59 Å². The average Bonchev–Trinajstić information content (AvgIpc) is 2.54. The summed E-state index contributed by atoms with van der Waals surface area (Å²) in [6.45, 7) is 3.67. The minimum Gasteiger partial charge on any atom is -0.356 e.